The third-order valence-electron chi connectivity index (χ3n) is 3.86. The van der Waals surface area contributed by atoms with Gasteiger partial charge in [0.15, 0.2) is 0 Å². The highest BCUT2D eigenvalue weighted by Crippen LogP contribution is 2.07. The maximum Gasteiger partial charge on any atom is 0.261 e. The van der Waals surface area contributed by atoms with E-state index in [1.54, 1.807) is 10.9 Å². The van der Waals surface area contributed by atoms with E-state index in [-0.39, 0.29) is 5.56 Å². The molecule has 20 heavy (non-hydrogen) atoms. The number of benzene rings is 1. The van der Waals surface area contributed by atoms with Crippen LogP contribution in [-0.4, -0.2) is 46.8 Å². The van der Waals surface area contributed by atoms with E-state index in [1.807, 2.05) is 24.3 Å². The van der Waals surface area contributed by atoms with Crippen molar-refractivity contribution in [3.8, 4) is 0 Å². The molecule has 0 N–H and O–H groups in total. The Kier molecular flexibility index (Phi) is 3.80. The minimum absolute atomic E-state index is 0.0384. The van der Waals surface area contributed by atoms with Crippen molar-refractivity contribution >= 4 is 10.9 Å². The maximum atomic E-state index is 12.4. The Morgan fingerprint density at radius 2 is 2.20 bits per heavy atom. The van der Waals surface area contributed by atoms with Gasteiger partial charge in [0.05, 0.1) is 30.4 Å². The van der Waals surface area contributed by atoms with Crippen molar-refractivity contribution in [1.29, 1.82) is 0 Å². The molecule has 2 aromatic rings. The van der Waals surface area contributed by atoms with Crippen LogP contribution in [0.25, 0.3) is 10.9 Å². The number of hydrogen-bond acceptors (Lipinski definition) is 4. The van der Waals surface area contributed by atoms with Gasteiger partial charge >= 0.3 is 0 Å². The van der Waals surface area contributed by atoms with Crippen molar-refractivity contribution in [3.05, 3.63) is 40.9 Å². The average molecular weight is 273 g/mol. The van der Waals surface area contributed by atoms with Crippen molar-refractivity contribution in [2.24, 2.45) is 0 Å². The summed E-state index contributed by atoms with van der Waals surface area (Å²) in [5, 5.41) is 0.685. The molecule has 1 atom stereocenters. The van der Waals surface area contributed by atoms with Crippen LogP contribution in [0, 0.1) is 0 Å². The molecule has 0 amide bonds. The Bertz CT molecular complexity index is 653. The predicted octanol–water partition coefficient (Wildman–Crippen LogP) is 1.12. The molecule has 1 fully saturated rings. The zero-order valence-electron chi connectivity index (χ0n) is 11.7. The first-order valence-electron chi connectivity index (χ1n) is 7.01. The Labute approximate surface area is 117 Å². The molecule has 0 radical (unpaired) electrons. The summed E-state index contributed by atoms with van der Waals surface area (Å²) in [4.78, 5) is 19.1. The molecule has 0 saturated carbocycles. The molecule has 1 saturated heterocycles. The van der Waals surface area contributed by atoms with Crippen molar-refractivity contribution in [1.82, 2.24) is 14.5 Å². The third kappa shape index (κ3) is 2.59. The van der Waals surface area contributed by atoms with E-state index in [0.717, 1.165) is 31.8 Å². The van der Waals surface area contributed by atoms with Gasteiger partial charge in [-0.1, -0.05) is 12.1 Å². The summed E-state index contributed by atoms with van der Waals surface area (Å²) in [5.41, 5.74) is 0.796. The van der Waals surface area contributed by atoms with Crippen LogP contribution in [0.4, 0.5) is 0 Å². The minimum atomic E-state index is 0.0384. The zero-order chi connectivity index (χ0) is 13.9. The molecule has 3 rings (SSSR count). The normalized spacial score (nSPS) is 20.4. The minimum Gasteiger partial charge on any atom is -0.379 e. The van der Waals surface area contributed by atoms with E-state index in [2.05, 4.69) is 16.8 Å². The fourth-order valence-electron chi connectivity index (χ4n) is 2.60. The summed E-state index contributed by atoms with van der Waals surface area (Å²) in [6, 6.07) is 7.88. The van der Waals surface area contributed by atoms with Crippen LogP contribution < -0.4 is 5.56 Å². The summed E-state index contributed by atoms with van der Waals surface area (Å²) in [6.45, 7) is 6.14. The van der Waals surface area contributed by atoms with E-state index in [9.17, 15) is 4.79 Å². The molecule has 0 unspecified atom stereocenters. The predicted molar refractivity (Wildman–Crippen MR) is 77.9 cm³/mol. The molecule has 1 aromatic heterocycles. The van der Waals surface area contributed by atoms with Crippen LogP contribution in [0.1, 0.15) is 6.92 Å². The van der Waals surface area contributed by atoms with Gasteiger partial charge in [-0.3, -0.25) is 14.3 Å². The number of morpholine rings is 1. The van der Waals surface area contributed by atoms with Gasteiger partial charge in [0.1, 0.15) is 0 Å². The SMILES string of the molecule is C[C@H]1COCCN1CCn1cnc2ccccc2c1=O. The fraction of sp³-hybridized carbons (Fsp3) is 0.467. The lowest BCUT2D eigenvalue weighted by Crippen LogP contribution is -2.45. The van der Waals surface area contributed by atoms with Crippen LogP contribution in [0.3, 0.4) is 0 Å². The summed E-state index contributed by atoms with van der Waals surface area (Å²) in [6.07, 6.45) is 1.65. The first-order valence-corrected chi connectivity index (χ1v) is 7.01. The van der Waals surface area contributed by atoms with E-state index in [1.165, 1.54) is 0 Å². The topological polar surface area (TPSA) is 47.4 Å². The van der Waals surface area contributed by atoms with Crippen molar-refractivity contribution in [2.45, 2.75) is 19.5 Å². The number of hydrogen-bond donors (Lipinski definition) is 0. The summed E-state index contributed by atoms with van der Waals surface area (Å²) >= 11 is 0. The van der Waals surface area contributed by atoms with Gasteiger partial charge < -0.3 is 4.74 Å². The molecular formula is C15H19N3O2. The molecule has 1 aliphatic heterocycles. The van der Waals surface area contributed by atoms with Gasteiger partial charge in [0.2, 0.25) is 0 Å². The number of ether oxygens (including phenoxy) is 1. The second-order valence-electron chi connectivity index (χ2n) is 5.22. The van der Waals surface area contributed by atoms with E-state index in [4.69, 9.17) is 4.74 Å². The van der Waals surface area contributed by atoms with Gasteiger partial charge in [0.25, 0.3) is 5.56 Å². The number of nitrogens with zero attached hydrogens (tertiary/aromatic N) is 3. The fourth-order valence-corrected chi connectivity index (χ4v) is 2.60. The van der Waals surface area contributed by atoms with Crippen molar-refractivity contribution in [3.63, 3.8) is 0 Å². The van der Waals surface area contributed by atoms with Crippen molar-refractivity contribution in [2.75, 3.05) is 26.3 Å². The quantitative estimate of drug-likeness (QED) is 0.840. The smallest absolute Gasteiger partial charge is 0.261 e. The molecule has 2 heterocycles. The highest BCUT2D eigenvalue weighted by atomic mass is 16.5. The molecular weight excluding hydrogens is 254 g/mol. The molecule has 5 nitrogen and oxygen atoms in total. The Hall–Kier alpha value is -1.72. The summed E-state index contributed by atoms with van der Waals surface area (Å²) in [5.74, 6) is 0. The Balaban J connectivity index is 1.77. The van der Waals surface area contributed by atoms with Crippen LogP contribution in [0.2, 0.25) is 0 Å². The van der Waals surface area contributed by atoms with Gasteiger partial charge in [-0.2, -0.15) is 0 Å². The summed E-state index contributed by atoms with van der Waals surface area (Å²) < 4.78 is 7.12. The standard InChI is InChI=1S/C15H19N3O2/c1-12-10-20-9-8-17(12)6-7-18-11-16-14-5-3-2-4-13(14)15(18)19/h2-5,11-12H,6-10H2,1H3/t12-/m0/s1. The van der Waals surface area contributed by atoms with Gasteiger partial charge in [-0.25, -0.2) is 4.98 Å². The van der Waals surface area contributed by atoms with Crippen LogP contribution in [0.5, 0.6) is 0 Å². The molecule has 5 heteroatoms. The van der Waals surface area contributed by atoms with Gasteiger partial charge in [-0.15, -0.1) is 0 Å². The number of para-hydroxylation sites is 1. The van der Waals surface area contributed by atoms with Crippen molar-refractivity contribution < 1.29 is 4.74 Å². The van der Waals surface area contributed by atoms with Gasteiger partial charge in [-0.05, 0) is 19.1 Å². The first kappa shape index (κ1) is 13.3. The Morgan fingerprint density at radius 1 is 1.35 bits per heavy atom. The highest BCUT2D eigenvalue weighted by Gasteiger charge is 2.18. The van der Waals surface area contributed by atoms with E-state index < -0.39 is 0 Å². The monoisotopic (exact) mass is 273 g/mol. The largest absolute Gasteiger partial charge is 0.379 e. The van der Waals surface area contributed by atoms with E-state index >= 15 is 0 Å². The molecule has 1 aliphatic rings. The van der Waals surface area contributed by atoms with E-state index in [0.29, 0.717) is 18.0 Å². The molecule has 106 valence electrons. The second kappa shape index (κ2) is 5.73. The highest BCUT2D eigenvalue weighted by molar-refractivity contribution is 5.76. The summed E-state index contributed by atoms with van der Waals surface area (Å²) in [7, 11) is 0. The lowest BCUT2D eigenvalue weighted by atomic mass is 10.2. The number of fused-ring (bicyclic) bond motifs is 1. The van der Waals surface area contributed by atoms with Crippen LogP contribution in [-0.2, 0) is 11.3 Å². The maximum absolute atomic E-state index is 12.4. The molecule has 0 bridgehead atoms. The number of rotatable bonds is 3. The average Bonchev–Trinajstić information content (AvgIpc) is 2.48. The third-order valence-corrected chi connectivity index (χ3v) is 3.86. The first-order chi connectivity index (χ1) is 9.75. The zero-order valence-corrected chi connectivity index (χ0v) is 11.7. The molecule has 0 spiro atoms. The van der Waals surface area contributed by atoms with Crippen LogP contribution in [0.15, 0.2) is 35.4 Å². The lowest BCUT2D eigenvalue weighted by molar-refractivity contribution is -0.00176. The number of aromatic nitrogens is 2. The van der Waals surface area contributed by atoms with Crippen LogP contribution >= 0.6 is 0 Å². The molecule has 1 aromatic carbocycles. The molecule has 0 aliphatic carbocycles. The lowest BCUT2D eigenvalue weighted by Gasteiger charge is -2.33. The van der Waals surface area contributed by atoms with Gasteiger partial charge in [0, 0.05) is 25.7 Å². The second-order valence-corrected chi connectivity index (χ2v) is 5.22. The Morgan fingerprint density at radius 3 is 3.05 bits per heavy atom.